The van der Waals surface area contributed by atoms with Crippen molar-refractivity contribution < 1.29 is 4.74 Å². The third-order valence-corrected chi connectivity index (χ3v) is 4.50. The molecular formula is C22H27N3O. The van der Waals surface area contributed by atoms with Gasteiger partial charge in [0.2, 0.25) is 0 Å². The molecular weight excluding hydrogens is 322 g/mol. The summed E-state index contributed by atoms with van der Waals surface area (Å²) < 4.78 is 5.56. The van der Waals surface area contributed by atoms with Gasteiger partial charge in [0.15, 0.2) is 0 Å². The van der Waals surface area contributed by atoms with Crippen LogP contribution in [0.2, 0.25) is 0 Å². The lowest BCUT2D eigenvalue weighted by Crippen LogP contribution is -2.30. The van der Waals surface area contributed by atoms with Crippen LogP contribution in [0.4, 0.5) is 5.69 Å². The van der Waals surface area contributed by atoms with Crippen molar-refractivity contribution in [3.05, 3.63) is 66.6 Å². The minimum atomic E-state index is 0.472. The molecule has 1 unspecified atom stereocenters. The minimum Gasteiger partial charge on any atom is -0.489 e. The molecule has 1 atom stereocenters. The van der Waals surface area contributed by atoms with Crippen LogP contribution >= 0.6 is 0 Å². The summed E-state index contributed by atoms with van der Waals surface area (Å²) in [7, 11) is 0. The summed E-state index contributed by atoms with van der Waals surface area (Å²) >= 11 is 0. The predicted octanol–water partition coefficient (Wildman–Crippen LogP) is 5.30. The average Bonchev–Trinajstić information content (AvgIpc) is 3.23. The summed E-state index contributed by atoms with van der Waals surface area (Å²) in [6.07, 6.45) is 6.99. The van der Waals surface area contributed by atoms with Crippen LogP contribution in [-0.2, 0) is 6.42 Å². The molecule has 2 N–H and O–H groups in total. The number of para-hydroxylation sites is 2. The Bertz CT molecular complexity index is 799. The van der Waals surface area contributed by atoms with Gasteiger partial charge in [0, 0.05) is 5.56 Å². The zero-order chi connectivity index (χ0) is 18.2. The second-order valence-electron chi connectivity index (χ2n) is 6.43. The van der Waals surface area contributed by atoms with Crippen molar-refractivity contribution in [2.45, 2.75) is 39.2 Å². The fourth-order valence-corrected chi connectivity index (χ4v) is 3.06. The lowest BCUT2D eigenvalue weighted by atomic mass is 10.0. The molecule has 0 amide bonds. The molecule has 1 aromatic heterocycles. The second kappa shape index (κ2) is 9.09. The second-order valence-corrected chi connectivity index (χ2v) is 6.43. The number of hydrogen-bond donors (Lipinski definition) is 2. The highest BCUT2D eigenvalue weighted by molar-refractivity contribution is 5.62. The van der Waals surface area contributed by atoms with Gasteiger partial charge in [-0.05, 0) is 30.5 Å². The van der Waals surface area contributed by atoms with Gasteiger partial charge < -0.3 is 15.0 Å². The molecule has 26 heavy (non-hydrogen) atoms. The van der Waals surface area contributed by atoms with Crippen molar-refractivity contribution in [2.24, 2.45) is 0 Å². The number of nitrogens with zero attached hydrogens (tertiary/aromatic N) is 1. The fourth-order valence-electron chi connectivity index (χ4n) is 3.06. The summed E-state index contributed by atoms with van der Waals surface area (Å²) in [4.78, 5) is 7.19. The number of H-pyrrole nitrogens is 1. The monoisotopic (exact) mass is 349 g/mol. The molecule has 4 nitrogen and oxygen atoms in total. The number of benzene rings is 2. The van der Waals surface area contributed by atoms with Crippen LogP contribution in [0.5, 0.6) is 5.75 Å². The molecule has 0 fully saturated rings. The summed E-state index contributed by atoms with van der Waals surface area (Å²) in [6.45, 7) is 5.15. The number of anilines is 1. The maximum absolute atomic E-state index is 5.56. The first-order valence-corrected chi connectivity index (χ1v) is 9.36. The van der Waals surface area contributed by atoms with Crippen LogP contribution in [0.25, 0.3) is 11.3 Å². The van der Waals surface area contributed by atoms with E-state index in [0.29, 0.717) is 6.04 Å². The molecule has 0 aliphatic carbocycles. The molecule has 1 aliphatic rings. The van der Waals surface area contributed by atoms with Gasteiger partial charge in [0.05, 0.1) is 29.9 Å². The molecule has 3 aromatic rings. The van der Waals surface area contributed by atoms with Gasteiger partial charge in [-0.1, -0.05) is 56.7 Å². The van der Waals surface area contributed by atoms with E-state index >= 15 is 0 Å². The largest absolute Gasteiger partial charge is 0.489 e. The number of fused-ring (bicyclic) bond motifs is 1. The topological polar surface area (TPSA) is 49.9 Å². The summed E-state index contributed by atoms with van der Waals surface area (Å²) in [5, 5.41) is 3.42. The number of rotatable bonds is 4. The number of imidazole rings is 1. The zero-order valence-electron chi connectivity index (χ0n) is 15.5. The molecule has 0 bridgehead atoms. The molecule has 0 spiro atoms. The van der Waals surface area contributed by atoms with Crippen LogP contribution < -0.4 is 10.1 Å². The summed E-state index contributed by atoms with van der Waals surface area (Å²) in [6, 6.07) is 17.0. The number of aromatic amines is 1. The van der Waals surface area contributed by atoms with Gasteiger partial charge in [-0.25, -0.2) is 4.98 Å². The van der Waals surface area contributed by atoms with Gasteiger partial charge in [-0.2, -0.15) is 0 Å². The molecule has 4 rings (SSSR count). The van der Waals surface area contributed by atoms with Gasteiger partial charge in [0.25, 0.3) is 0 Å². The maximum atomic E-state index is 5.56. The number of hydrogen-bond acceptors (Lipinski definition) is 3. The molecule has 0 saturated heterocycles. The fraction of sp³-hybridized carbons (Fsp3) is 0.318. The van der Waals surface area contributed by atoms with Crippen LogP contribution in [0, 0.1) is 0 Å². The molecule has 0 radical (unpaired) electrons. The Labute approximate surface area is 155 Å². The minimum absolute atomic E-state index is 0.472. The predicted molar refractivity (Wildman–Crippen MR) is 108 cm³/mol. The molecule has 4 heteroatoms. The normalized spacial score (nSPS) is 15.1. The van der Waals surface area contributed by atoms with E-state index in [4.69, 9.17) is 4.74 Å². The number of ether oxygens (including phenoxy) is 1. The quantitative estimate of drug-likeness (QED) is 0.672. The number of aromatic nitrogens is 2. The Kier molecular flexibility index (Phi) is 6.31. The Morgan fingerprint density at radius 3 is 2.65 bits per heavy atom. The highest BCUT2D eigenvalue weighted by Gasteiger charge is 2.15. The number of aryl methyl sites for hydroxylation is 1. The molecule has 2 aromatic carbocycles. The standard InChI is InChI=1S/C12H14N2.C10H13NO/c1-2-5-10-6-3-4-7-11(10)12-8-13-9-14-12;1-2-8-7-12-10-6-4-3-5-9(10)11-8/h3-4,6-9H,2,5H2,1H3,(H,13,14);3-6,8,11H,2,7H2,1H3. The summed E-state index contributed by atoms with van der Waals surface area (Å²) in [5.41, 5.74) is 4.88. The Morgan fingerprint density at radius 1 is 1.08 bits per heavy atom. The smallest absolute Gasteiger partial charge is 0.142 e. The van der Waals surface area contributed by atoms with Crippen LogP contribution in [0.1, 0.15) is 32.3 Å². The van der Waals surface area contributed by atoms with Gasteiger partial charge in [-0.3, -0.25) is 0 Å². The summed E-state index contributed by atoms with van der Waals surface area (Å²) in [5.74, 6) is 0.974. The highest BCUT2D eigenvalue weighted by atomic mass is 16.5. The zero-order valence-corrected chi connectivity index (χ0v) is 15.5. The lowest BCUT2D eigenvalue weighted by Gasteiger charge is -2.26. The maximum Gasteiger partial charge on any atom is 0.142 e. The van der Waals surface area contributed by atoms with Gasteiger partial charge in [0.1, 0.15) is 12.4 Å². The van der Waals surface area contributed by atoms with E-state index in [1.807, 2.05) is 24.4 Å². The molecule has 136 valence electrons. The van der Waals surface area contributed by atoms with Crippen LogP contribution in [-0.4, -0.2) is 22.6 Å². The highest BCUT2D eigenvalue weighted by Crippen LogP contribution is 2.28. The van der Waals surface area contributed by atoms with E-state index in [-0.39, 0.29) is 0 Å². The van der Waals surface area contributed by atoms with E-state index in [1.165, 1.54) is 17.5 Å². The Hall–Kier alpha value is -2.75. The number of nitrogens with one attached hydrogen (secondary N) is 2. The van der Waals surface area contributed by atoms with Gasteiger partial charge >= 0.3 is 0 Å². The first kappa shape index (κ1) is 18.1. The van der Waals surface area contributed by atoms with Crippen LogP contribution in [0.3, 0.4) is 0 Å². The van der Waals surface area contributed by atoms with Crippen molar-refractivity contribution in [3.8, 4) is 17.0 Å². The molecule has 2 heterocycles. The Morgan fingerprint density at radius 2 is 1.88 bits per heavy atom. The third kappa shape index (κ3) is 4.45. The Balaban J connectivity index is 0.000000152. The van der Waals surface area contributed by atoms with Crippen molar-refractivity contribution in [2.75, 3.05) is 11.9 Å². The van der Waals surface area contributed by atoms with Crippen LogP contribution in [0.15, 0.2) is 61.1 Å². The van der Waals surface area contributed by atoms with E-state index in [2.05, 4.69) is 59.5 Å². The first-order valence-electron chi connectivity index (χ1n) is 9.36. The van der Waals surface area contributed by atoms with Crippen molar-refractivity contribution in [1.29, 1.82) is 0 Å². The van der Waals surface area contributed by atoms with E-state index < -0.39 is 0 Å². The molecule has 0 saturated carbocycles. The first-order chi connectivity index (χ1) is 12.8. The van der Waals surface area contributed by atoms with Crippen molar-refractivity contribution in [1.82, 2.24) is 9.97 Å². The average molecular weight is 349 g/mol. The SMILES string of the molecule is CCC1COc2ccccc2N1.CCCc1ccccc1-c1cnc[nH]1. The molecule has 1 aliphatic heterocycles. The van der Waals surface area contributed by atoms with E-state index in [0.717, 1.165) is 36.6 Å². The van der Waals surface area contributed by atoms with E-state index in [9.17, 15) is 0 Å². The lowest BCUT2D eigenvalue weighted by molar-refractivity contribution is 0.281. The van der Waals surface area contributed by atoms with Crippen molar-refractivity contribution in [3.63, 3.8) is 0 Å². The third-order valence-electron chi connectivity index (χ3n) is 4.50. The van der Waals surface area contributed by atoms with E-state index in [1.54, 1.807) is 6.33 Å². The van der Waals surface area contributed by atoms with Gasteiger partial charge in [-0.15, -0.1) is 0 Å². The van der Waals surface area contributed by atoms with Crippen molar-refractivity contribution >= 4 is 5.69 Å².